The number of methoxy groups -OCH3 is 1. The summed E-state index contributed by atoms with van der Waals surface area (Å²) >= 11 is 6.03. The average molecular weight is 338 g/mol. The Bertz CT molecular complexity index is 683. The maximum Gasteiger partial charge on any atom is 0.326 e. The zero-order valence-corrected chi connectivity index (χ0v) is 13.6. The molecule has 122 valence electrons. The number of halogens is 1. The van der Waals surface area contributed by atoms with E-state index in [4.69, 9.17) is 21.1 Å². The van der Waals surface area contributed by atoms with Crippen LogP contribution in [0.5, 0.6) is 5.75 Å². The molecule has 1 fully saturated rings. The Hall–Kier alpha value is -2.34. The second kappa shape index (κ2) is 7.28. The van der Waals surface area contributed by atoms with Crippen LogP contribution in [0.25, 0.3) is 6.08 Å². The van der Waals surface area contributed by atoms with E-state index in [1.165, 1.54) is 7.11 Å². The van der Waals surface area contributed by atoms with Gasteiger partial charge >= 0.3 is 5.97 Å². The van der Waals surface area contributed by atoms with Crippen molar-refractivity contribution in [2.75, 3.05) is 20.3 Å². The van der Waals surface area contributed by atoms with Crippen molar-refractivity contribution in [3.63, 3.8) is 0 Å². The fraction of sp³-hybridized carbons (Fsp3) is 0.312. The quantitative estimate of drug-likeness (QED) is 0.467. The summed E-state index contributed by atoms with van der Waals surface area (Å²) in [6, 6.07) is 5.04. The van der Waals surface area contributed by atoms with Gasteiger partial charge in [-0.25, -0.2) is 0 Å². The summed E-state index contributed by atoms with van der Waals surface area (Å²) in [7, 11) is 1.51. The number of hydrogen-bond donors (Lipinski definition) is 0. The second-order valence-corrected chi connectivity index (χ2v) is 5.24. The summed E-state index contributed by atoms with van der Waals surface area (Å²) < 4.78 is 9.82. The van der Waals surface area contributed by atoms with Crippen LogP contribution in [-0.4, -0.2) is 42.9 Å². The molecule has 0 bridgehead atoms. The van der Waals surface area contributed by atoms with Crippen LogP contribution in [0.2, 0.25) is 5.02 Å². The van der Waals surface area contributed by atoms with Crippen molar-refractivity contribution in [3.05, 3.63) is 34.4 Å². The fourth-order valence-electron chi connectivity index (χ4n) is 2.20. The van der Waals surface area contributed by atoms with E-state index in [2.05, 4.69) is 0 Å². The Labute approximate surface area is 138 Å². The van der Waals surface area contributed by atoms with Crippen LogP contribution < -0.4 is 4.74 Å². The van der Waals surface area contributed by atoms with Gasteiger partial charge in [-0.1, -0.05) is 17.7 Å². The van der Waals surface area contributed by atoms with Crippen LogP contribution in [0.4, 0.5) is 0 Å². The number of hydrogen-bond acceptors (Lipinski definition) is 5. The summed E-state index contributed by atoms with van der Waals surface area (Å²) in [5, 5.41) is 0.405. The minimum Gasteiger partial charge on any atom is -0.495 e. The molecule has 0 saturated carbocycles. The van der Waals surface area contributed by atoms with Crippen LogP contribution in [0.3, 0.4) is 0 Å². The van der Waals surface area contributed by atoms with E-state index in [-0.39, 0.29) is 19.6 Å². The summed E-state index contributed by atoms with van der Waals surface area (Å²) in [6.45, 7) is 1.48. The Morgan fingerprint density at radius 1 is 1.39 bits per heavy atom. The first-order valence-electron chi connectivity index (χ1n) is 7.00. The van der Waals surface area contributed by atoms with Gasteiger partial charge in [0.25, 0.3) is 5.91 Å². The van der Waals surface area contributed by atoms with Gasteiger partial charge in [0.1, 0.15) is 12.3 Å². The molecule has 1 heterocycles. The molecule has 1 aromatic rings. The molecule has 23 heavy (non-hydrogen) atoms. The highest BCUT2D eigenvalue weighted by Gasteiger charge is 2.35. The van der Waals surface area contributed by atoms with E-state index >= 15 is 0 Å². The molecule has 0 unspecified atom stereocenters. The Morgan fingerprint density at radius 3 is 2.74 bits per heavy atom. The lowest BCUT2D eigenvalue weighted by molar-refractivity contribution is -0.151. The van der Waals surface area contributed by atoms with Crippen LogP contribution in [0, 0.1) is 0 Å². The molecule has 2 amide bonds. The molecule has 2 rings (SSSR count). The lowest BCUT2D eigenvalue weighted by Gasteiger charge is -2.11. The number of carbonyl (C=O) groups is 3. The minimum atomic E-state index is -0.608. The van der Waals surface area contributed by atoms with Crippen molar-refractivity contribution in [1.29, 1.82) is 0 Å². The monoisotopic (exact) mass is 337 g/mol. The summed E-state index contributed by atoms with van der Waals surface area (Å²) in [6.07, 6.45) is 1.53. The molecule has 7 heteroatoms. The summed E-state index contributed by atoms with van der Waals surface area (Å²) in [5.41, 5.74) is 0.977. The molecule has 0 aliphatic carbocycles. The van der Waals surface area contributed by atoms with E-state index in [1.54, 1.807) is 31.2 Å². The molecule has 0 radical (unpaired) electrons. The minimum absolute atomic E-state index is 0.0537. The molecular formula is C16H16ClNO5. The third-order valence-electron chi connectivity index (χ3n) is 3.27. The van der Waals surface area contributed by atoms with Gasteiger partial charge in [-0.05, 0) is 30.7 Å². The summed E-state index contributed by atoms with van der Waals surface area (Å²) in [4.78, 5) is 36.5. The number of esters is 1. The van der Waals surface area contributed by atoms with Crippen molar-refractivity contribution in [2.45, 2.75) is 13.3 Å². The number of imide groups is 1. The molecule has 0 aromatic heterocycles. The third-order valence-corrected chi connectivity index (χ3v) is 3.57. The lowest BCUT2D eigenvalue weighted by Crippen LogP contribution is -2.35. The molecule has 0 atom stereocenters. The smallest absolute Gasteiger partial charge is 0.326 e. The van der Waals surface area contributed by atoms with Crippen LogP contribution >= 0.6 is 11.6 Å². The first-order chi connectivity index (χ1) is 11.0. The average Bonchev–Trinajstić information content (AvgIpc) is 2.75. The predicted molar refractivity (Wildman–Crippen MR) is 84.0 cm³/mol. The number of carbonyl (C=O) groups excluding carboxylic acids is 3. The summed E-state index contributed by atoms with van der Waals surface area (Å²) in [5.74, 6) is -1.00. The number of amides is 2. The number of likely N-dealkylation sites (tertiary alicyclic amines) is 1. The Morgan fingerprint density at radius 2 is 2.13 bits per heavy atom. The van der Waals surface area contributed by atoms with Crippen molar-refractivity contribution in [2.24, 2.45) is 0 Å². The van der Waals surface area contributed by atoms with Crippen LogP contribution in [0.15, 0.2) is 23.8 Å². The molecule has 0 spiro atoms. The van der Waals surface area contributed by atoms with Crippen LogP contribution in [0.1, 0.15) is 18.9 Å². The van der Waals surface area contributed by atoms with Gasteiger partial charge in [0, 0.05) is 5.57 Å². The molecule has 6 nitrogen and oxygen atoms in total. The topological polar surface area (TPSA) is 72.9 Å². The Kier molecular flexibility index (Phi) is 5.39. The van der Waals surface area contributed by atoms with Gasteiger partial charge in [-0.2, -0.15) is 0 Å². The first kappa shape index (κ1) is 17.0. The van der Waals surface area contributed by atoms with Crippen molar-refractivity contribution in [3.8, 4) is 5.75 Å². The zero-order chi connectivity index (χ0) is 17.0. The van der Waals surface area contributed by atoms with Crippen molar-refractivity contribution < 1.29 is 23.9 Å². The molecule has 1 saturated heterocycles. The van der Waals surface area contributed by atoms with E-state index < -0.39 is 17.8 Å². The molecule has 1 aliphatic rings. The number of benzene rings is 1. The third kappa shape index (κ3) is 3.90. The largest absolute Gasteiger partial charge is 0.495 e. The first-order valence-corrected chi connectivity index (χ1v) is 7.38. The maximum atomic E-state index is 12.2. The van der Waals surface area contributed by atoms with Gasteiger partial charge in [-0.15, -0.1) is 0 Å². The molecule has 0 N–H and O–H groups in total. The van der Waals surface area contributed by atoms with Gasteiger partial charge in [0.05, 0.1) is 25.2 Å². The predicted octanol–water partition coefficient (Wildman–Crippen LogP) is 2.05. The molecule has 1 aliphatic heterocycles. The highest BCUT2D eigenvalue weighted by molar-refractivity contribution is 6.32. The van der Waals surface area contributed by atoms with Crippen molar-refractivity contribution >= 4 is 35.5 Å². The van der Waals surface area contributed by atoms with E-state index in [9.17, 15) is 14.4 Å². The number of nitrogens with zero attached hydrogens (tertiary/aromatic N) is 1. The Balaban J connectivity index is 2.18. The molecular weight excluding hydrogens is 322 g/mol. The van der Waals surface area contributed by atoms with Gasteiger partial charge in [0.2, 0.25) is 5.91 Å². The highest BCUT2D eigenvalue weighted by atomic mass is 35.5. The van der Waals surface area contributed by atoms with Crippen LogP contribution in [-0.2, 0) is 19.1 Å². The zero-order valence-electron chi connectivity index (χ0n) is 12.8. The number of rotatable bonds is 5. The van der Waals surface area contributed by atoms with Gasteiger partial charge < -0.3 is 9.47 Å². The normalized spacial score (nSPS) is 16.1. The SMILES string of the molecule is CCOC(=O)CN1C(=O)C/C(=C\c2ccc(OC)c(Cl)c2)C1=O. The van der Waals surface area contributed by atoms with E-state index in [1.807, 2.05) is 0 Å². The lowest BCUT2D eigenvalue weighted by atomic mass is 10.1. The highest BCUT2D eigenvalue weighted by Crippen LogP contribution is 2.27. The van der Waals surface area contributed by atoms with Crippen molar-refractivity contribution in [1.82, 2.24) is 4.90 Å². The number of ether oxygens (including phenoxy) is 2. The van der Waals surface area contributed by atoms with E-state index in [0.717, 1.165) is 4.90 Å². The molecule has 1 aromatic carbocycles. The second-order valence-electron chi connectivity index (χ2n) is 4.83. The van der Waals surface area contributed by atoms with E-state index in [0.29, 0.717) is 21.9 Å². The maximum absolute atomic E-state index is 12.2. The fourth-order valence-corrected chi connectivity index (χ4v) is 2.47. The van der Waals surface area contributed by atoms with Gasteiger partial charge in [0.15, 0.2) is 0 Å². The van der Waals surface area contributed by atoms with Gasteiger partial charge in [-0.3, -0.25) is 19.3 Å². The standard InChI is InChI=1S/C16H16ClNO5/c1-3-23-15(20)9-18-14(19)8-11(16(18)21)6-10-4-5-13(22-2)12(17)7-10/h4-7H,3,8-9H2,1-2H3/b11-6+.